The van der Waals surface area contributed by atoms with Crippen molar-refractivity contribution in [3.63, 3.8) is 0 Å². The molecular formula is C15H28N2. The molecule has 2 nitrogen and oxygen atoms in total. The Kier molecular flexibility index (Phi) is 2.99. The van der Waals surface area contributed by atoms with Crippen LogP contribution in [0.4, 0.5) is 0 Å². The zero-order valence-corrected chi connectivity index (χ0v) is 11.7. The van der Waals surface area contributed by atoms with Gasteiger partial charge < -0.3 is 5.32 Å². The summed E-state index contributed by atoms with van der Waals surface area (Å²) >= 11 is 0. The van der Waals surface area contributed by atoms with Crippen molar-refractivity contribution in [1.29, 1.82) is 0 Å². The summed E-state index contributed by atoms with van der Waals surface area (Å²) in [5.74, 6) is 2.75. The van der Waals surface area contributed by atoms with Crippen LogP contribution >= 0.6 is 0 Å². The third-order valence-corrected chi connectivity index (χ3v) is 5.77. The van der Waals surface area contributed by atoms with Gasteiger partial charge in [-0.05, 0) is 51.0 Å². The third-order valence-electron chi connectivity index (χ3n) is 5.77. The summed E-state index contributed by atoms with van der Waals surface area (Å²) < 4.78 is 0. The van der Waals surface area contributed by atoms with Gasteiger partial charge in [0.1, 0.15) is 0 Å². The molecule has 0 bridgehead atoms. The maximum Gasteiger partial charge on any atom is 0.0200 e. The number of hydrogen-bond acceptors (Lipinski definition) is 2. The number of hydrogen-bond donors (Lipinski definition) is 1. The normalized spacial score (nSPS) is 46.1. The molecule has 0 aromatic heterocycles. The van der Waals surface area contributed by atoms with Crippen LogP contribution in [0.25, 0.3) is 0 Å². The summed E-state index contributed by atoms with van der Waals surface area (Å²) in [6, 6.07) is 0.874. The molecule has 2 aliphatic heterocycles. The monoisotopic (exact) mass is 236 g/mol. The van der Waals surface area contributed by atoms with Gasteiger partial charge in [0, 0.05) is 24.7 Å². The lowest BCUT2D eigenvalue weighted by atomic mass is 9.82. The van der Waals surface area contributed by atoms with Crippen LogP contribution in [0.2, 0.25) is 0 Å². The zero-order valence-electron chi connectivity index (χ0n) is 11.7. The minimum absolute atomic E-state index is 0.426. The Bertz CT molecular complexity index is 287. The Morgan fingerprint density at radius 1 is 1.18 bits per heavy atom. The van der Waals surface area contributed by atoms with Crippen molar-refractivity contribution in [1.82, 2.24) is 10.2 Å². The highest BCUT2D eigenvalue weighted by atomic mass is 15.3. The van der Waals surface area contributed by atoms with Crippen molar-refractivity contribution in [2.24, 2.45) is 17.8 Å². The Hall–Kier alpha value is -0.0800. The van der Waals surface area contributed by atoms with Crippen molar-refractivity contribution in [3.05, 3.63) is 0 Å². The summed E-state index contributed by atoms with van der Waals surface area (Å²) in [5.41, 5.74) is 0.426. The summed E-state index contributed by atoms with van der Waals surface area (Å²) in [6.45, 7) is 11.3. The molecule has 3 aliphatic rings. The maximum absolute atomic E-state index is 3.59. The first-order chi connectivity index (χ1) is 8.09. The van der Waals surface area contributed by atoms with Crippen molar-refractivity contribution in [2.75, 3.05) is 19.6 Å². The summed E-state index contributed by atoms with van der Waals surface area (Å²) in [5, 5.41) is 3.59. The van der Waals surface area contributed by atoms with Gasteiger partial charge in [0.2, 0.25) is 0 Å². The van der Waals surface area contributed by atoms with Gasteiger partial charge in [0.25, 0.3) is 0 Å². The highest BCUT2D eigenvalue weighted by Gasteiger charge is 2.51. The molecule has 1 N–H and O–H groups in total. The maximum atomic E-state index is 3.59. The smallest absolute Gasteiger partial charge is 0.0200 e. The average molecular weight is 236 g/mol. The van der Waals surface area contributed by atoms with E-state index in [0.29, 0.717) is 5.54 Å². The van der Waals surface area contributed by atoms with Crippen LogP contribution in [0.3, 0.4) is 0 Å². The molecule has 4 atom stereocenters. The fourth-order valence-electron chi connectivity index (χ4n) is 4.76. The van der Waals surface area contributed by atoms with Crippen LogP contribution in [0.5, 0.6) is 0 Å². The molecule has 2 heteroatoms. The Balaban J connectivity index is 1.75. The van der Waals surface area contributed by atoms with Gasteiger partial charge in [0.15, 0.2) is 0 Å². The first-order valence-corrected chi connectivity index (χ1v) is 7.56. The van der Waals surface area contributed by atoms with Gasteiger partial charge in [-0.3, -0.25) is 4.90 Å². The van der Waals surface area contributed by atoms with E-state index in [1.54, 1.807) is 0 Å². The van der Waals surface area contributed by atoms with Gasteiger partial charge in [-0.1, -0.05) is 19.8 Å². The molecule has 3 rings (SSSR count). The molecule has 2 heterocycles. The van der Waals surface area contributed by atoms with Gasteiger partial charge in [-0.15, -0.1) is 0 Å². The number of fused-ring (bicyclic) bond motifs is 1. The van der Waals surface area contributed by atoms with Crippen LogP contribution in [-0.2, 0) is 0 Å². The minimum Gasteiger partial charge on any atom is -0.316 e. The Morgan fingerprint density at radius 2 is 2.00 bits per heavy atom. The van der Waals surface area contributed by atoms with Crippen LogP contribution in [0, 0.1) is 17.8 Å². The van der Waals surface area contributed by atoms with E-state index in [1.807, 2.05) is 0 Å². The van der Waals surface area contributed by atoms with Crippen molar-refractivity contribution >= 4 is 0 Å². The fraction of sp³-hybridized carbons (Fsp3) is 1.00. The van der Waals surface area contributed by atoms with Gasteiger partial charge in [-0.25, -0.2) is 0 Å². The number of nitrogens with zero attached hydrogens (tertiary/aromatic N) is 1. The molecule has 4 unspecified atom stereocenters. The lowest BCUT2D eigenvalue weighted by molar-refractivity contribution is 0.0567. The third kappa shape index (κ3) is 1.94. The summed E-state index contributed by atoms with van der Waals surface area (Å²) in [6.07, 6.45) is 5.79. The van der Waals surface area contributed by atoms with E-state index < -0.39 is 0 Å². The molecule has 98 valence electrons. The van der Waals surface area contributed by atoms with Gasteiger partial charge in [-0.2, -0.15) is 0 Å². The molecule has 0 spiro atoms. The van der Waals surface area contributed by atoms with Crippen LogP contribution < -0.4 is 5.32 Å². The molecule has 0 aromatic rings. The number of nitrogens with one attached hydrogen (secondary N) is 1. The molecule has 1 aliphatic carbocycles. The number of rotatable bonds is 1. The highest BCUT2D eigenvalue weighted by molar-refractivity contribution is 5.06. The number of likely N-dealkylation sites (tertiary alicyclic amines) is 1. The SMILES string of the molecule is CC1CCCC(N2CC3CNCC3C2(C)C)C1. The van der Waals surface area contributed by atoms with E-state index in [9.17, 15) is 0 Å². The van der Waals surface area contributed by atoms with E-state index >= 15 is 0 Å². The molecule has 1 saturated carbocycles. The molecule has 0 aromatic carbocycles. The zero-order chi connectivity index (χ0) is 12.0. The second-order valence-electron chi connectivity index (χ2n) is 7.26. The van der Waals surface area contributed by atoms with Crippen molar-refractivity contribution < 1.29 is 0 Å². The van der Waals surface area contributed by atoms with E-state index in [1.165, 1.54) is 45.3 Å². The molecule has 0 amide bonds. The fourth-order valence-corrected chi connectivity index (χ4v) is 4.76. The highest BCUT2D eigenvalue weighted by Crippen LogP contribution is 2.44. The molecule has 2 saturated heterocycles. The van der Waals surface area contributed by atoms with Crippen LogP contribution in [0.15, 0.2) is 0 Å². The molecule has 0 radical (unpaired) electrons. The van der Waals surface area contributed by atoms with E-state index in [2.05, 4.69) is 31.0 Å². The predicted molar refractivity (Wildman–Crippen MR) is 72.1 cm³/mol. The minimum atomic E-state index is 0.426. The first-order valence-electron chi connectivity index (χ1n) is 7.56. The largest absolute Gasteiger partial charge is 0.316 e. The van der Waals surface area contributed by atoms with E-state index in [0.717, 1.165) is 23.8 Å². The van der Waals surface area contributed by atoms with E-state index in [-0.39, 0.29) is 0 Å². The summed E-state index contributed by atoms with van der Waals surface area (Å²) in [7, 11) is 0. The van der Waals surface area contributed by atoms with Crippen molar-refractivity contribution in [2.45, 2.75) is 58.0 Å². The van der Waals surface area contributed by atoms with Crippen molar-refractivity contribution in [3.8, 4) is 0 Å². The van der Waals surface area contributed by atoms with Crippen LogP contribution in [-0.4, -0.2) is 36.1 Å². The lowest BCUT2D eigenvalue weighted by Crippen LogP contribution is -2.50. The molecular weight excluding hydrogens is 208 g/mol. The Morgan fingerprint density at radius 3 is 2.71 bits per heavy atom. The molecule has 3 fully saturated rings. The topological polar surface area (TPSA) is 15.3 Å². The van der Waals surface area contributed by atoms with Gasteiger partial charge in [0.05, 0.1) is 0 Å². The average Bonchev–Trinajstić information content (AvgIpc) is 2.81. The molecule has 17 heavy (non-hydrogen) atoms. The lowest BCUT2D eigenvalue weighted by Gasteiger charge is -2.43. The predicted octanol–water partition coefficient (Wildman–Crippen LogP) is 2.49. The Labute approximate surface area is 106 Å². The second-order valence-corrected chi connectivity index (χ2v) is 7.26. The first kappa shape index (κ1) is 12.0. The van der Waals surface area contributed by atoms with Gasteiger partial charge >= 0.3 is 0 Å². The van der Waals surface area contributed by atoms with E-state index in [4.69, 9.17) is 0 Å². The van der Waals surface area contributed by atoms with Crippen LogP contribution in [0.1, 0.15) is 46.5 Å². The summed E-state index contributed by atoms with van der Waals surface area (Å²) in [4.78, 5) is 2.87. The standard InChI is InChI=1S/C15H28N2/c1-11-5-4-6-13(7-11)17-10-12-8-16-9-14(12)15(17,2)3/h11-14,16H,4-10H2,1-3H3. The quantitative estimate of drug-likeness (QED) is 0.752. The second kappa shape index (κ2) is 4.24.